The molecule has 0 aromatic rings. The molecule has 23 heavy (non-hydrogen) atoms. The van der Waals surface area contributed by atoms with Crippen LogP contribution in [-0.4, -0.2) is 5.78 Å². The first-order valence-electron chi connectivity index (χ1n) is 9.42. The molecule has 0 amide bonds. The maximum Gasteiger partial charge on any atom is 0.133 e. The summed E-state index contributed by atoms with van der Waals surface area (Å²) in [6, 6.07) is 0. The summed E-state index contributed by atoms with van der Waals surface area (Å²) in [5.41, 5.74) is 3.47. The molecule has 0 aliphatic heterocycles. The van der Waals surface area contributed by atoms with Gasteiger partial charge in [-0.15, -0.1) is 0 Å². The highest BCUT2D eigenvalue weighted by molar-refractivity contribution is 5.79. The van der Waals surface area contributed by atoms with Crippen LogP contribution in [0.15, 0.2) is 36.0 Å². The van der Waals surface area contributed by atoms with E-state index in [2.05, 4.69) is 38.7 Å². The molecule has 6 atom stereocenters. The van der Waals surface area contributed by atoms with Crippen LogP contribution in [0.5, 0.6) is 0 Å². The highest BCUT2D eigenvalue weighted by Crippen LogP contribution is 2.65. The van der Waals surface area contributed by atoms with Crippen LogP contribution in [0.4, 0.5) is 0 Å². The third kappa shape index (κ3) is 2.01. The molecule has 1 nitrogen and oxygen atoms in total. The summed E-state index contributed by atoms with van der Waals surface area (Å²) in [6.07, 6.45) is 14.4. The SMILES string of the molecule is C=C1CC=C2C=C[C@H]3[C@@H]4CC[C@H](C(C)=O)[C@@]4(C)CC[C@@H]3[C@@]2(C)C1. The van der Waals surface area contributed by atoms with E-state index in [9.17, 15) is 4.79 Å². The Hall–Kier alpha value is -1.11. The largest absolute Gasteiger partial charge is 0.300 e. The Morgan fingerprint density at radius 3 is 2.74 bits per heavy atom. The smallest absolute Gasteiger partial charge is 0.133 e. The summed E-state index contributed by atoms with van der Waals surface area (Å²) in [5.74, 6) is 2.81. The number of rotatable bonds is 1. The van der Waals surface area contributed by atoms with Gasteiger partial charge in [0.25, 0.3) is 0 Å². The van der Waals surface area contributed by atoms with E-state index in [1.54, 1.807) is 5.57 Å². The first-order chi connectivity index (χ1) is 10.9. The molecule has 4 rings (SSSR count). The second-order valence-electron chi connectivity index (χ2n) is 9.14. The maximum atomic E-state index is 12.2. The van der Waals surface area contributed by atoms with Gasteiger partial charge in [-0.3, -0.25) is 4.79 Å². The van der Waals surface area contributed by atoms with Gasteiger partial charge in [-0.05, 0) is 79.6 Å². The van der Waals surface area contributed by atoms with Gasteiger partial charge in [0, 0.05) is 5.92 Å². The molecule has 2 fully saturated rings. The van der Waals surface area contributed by atoms with Crippen molar-refractivity contribution >= 4 is 5.78 Å². The molecule has 4 aliphatic carbocycles. The van der Waals surface area contributed by atoms with E-state index in [1.807, 2.05) is 6.92 Å². The van der Waals surface area contributed by atoms with Crippen LogP contribution in [0.1, 0.15) is 59.3 Å². The summed E-state index contributed by atoms with van der Waals surface area (Å²) in [5, 5.41) is 0. The number of hydrogen-bond acceptors (Lipinski definition) is 1. The van der Waals surface area contributed by atoms with Crippen molar-refractivity contribution in [1.82, 2.24) is 0 Å². The van der Waals surface area contributed by atoms with Crippen molar-refractivity contribution in [2.24, 2.45) is 34.5 Å². The molecule has 0 N–H and O–H groups in total. The highest BCUT2D eigenvalue weighted by atomic mass is 16.1. The standard InChI is InChI=1S/C22H30O/c1-14-5-6-16-7-8-17-19-10-9-18(15(2)23)21(19,3)12-11-20(17)22(16,4)13-14/h6-8,17-20H,1,5,9-13H2,2-4H3/t17-,18+,19-,20-,21+,22-/m0/s1. The lowest BCUT2D eigenvalue weighted by molar-refractivity contribution is -0.126. The van der Waals surface area contributed by atoms with E-state index >= 15 is 0 Å². The molecule has 4 aliphatic rings. The molecule has 0 spiro atoms. The quantitative estimate of drug-likeness (QED) is 0.586. The van der Waals surface area contributed by atoms with Crippen molar-refractivity contribution in [2.45, 2.75) is 59.3 Å². The van der Waals surface area contributed by atoms with Crippen LogP contribution in [0.3, 0.4) is 0 Å². The van der Waals surface area contributed by atoms with Crippen molar-refractivity contribution < 1.29 is 4.79 Å². The minimum atomic E-state index is 0.237. The van der Waals surface area contributed by atoms with E-state index < -0.39 is 0 Å². The number of Topliss-reactive ketones (excluding diaryl/α,β-unsaturated/α-hetero) is 1. The predicted octanol–water partition coefficient (Wildman–Crippen LogP) is 5.49. The normalized spacial score (nSPS) is 48.3. The summed E-state index contributed by atoms with van der Waals surface area (Å²) in [4.78, 5) is 12.2. The molecule has 124 valence electrons. The Labute approximate surface area is 140 Å². The van der Waals surface area contributed by atoms with Gasteiger partial charge in [-0.25, -0.2) is 0 Å². The zero-order valence-corrected chi connectivity index (χ0v) is 14.9. The fraction of sp³-hybridized carbons (Fsp3) is 0.682. The van der Waals surface area contributed by atoms with Crippen LogP contribution >= 0.6 is 0 Å². The van der Waals surface area contributed by atoms with E-state index in [4.69, 9.17) is 0 Å². The molecular weight excluding hydrogens is 280 g/mol. The molecule has 0 saturated heterocycles. The van der Waals surface area contributed by atoms with E-state index in [-0.39, 0.29) is 10.8 Å². The van der Waals surface area contributed by atoms with Crippen molar-refractivity contribution in [1.29, 1.82) is 0 Å². The average Bonchev–Trinajstić information content (AvgIpc) is 2.83. The first kappa shape index (κ1) is 15.4. The fourth-order valence-electron chi connectivity index (χ4n) is 6.87. The summed E-state index contributed by atoms with van der Waals surface area (Å²) >= 11 is 0. The molecule has 1 heteroatoms. The van der Waals surface area contributed by atoms with Gasteiger partial charge in [0.1, 0.15) is 5.78 Å². The third-order valence-corrected chi connectivity index (χ3v) is 8.03. The molecule has 2 saturated carbocycles. The van der Waals surface area contributed by atoms with Crippen molar-refractivity contribution in [3.63, 3.8) is 0 Å². The molecule has 0 radical (unpaired) electrons. The van der Waals surface area contributed by atoms with Crippen LogP contribution in [0.2, 0.25) is 0 Å². The van der Waals surface area contributed by atoms with Gasteiger partial charge in [-0.2, -0.15) is 0 Å². The fourth-order valence-corrected chi connectivity index (χ4v) is 6.87. The molecule has 0 unspecified atom stereocenters. The van der Waals surface area contributed by atoms with Crippen molar-refractivity contribution in [3.8, 4) is 0 Å². The Morgan fingerprint density at radius 1 is 1.22 bits per heavy atom. The van der Waals surface area contributed by atoms with Crippen LogP contribution in [0, 0.1) is 34.5 Å². The predicted molar refractivity (Wildman–Crippen MR) is 94.9 cm³/mol. The summed E-state index contributed by atoms with van der Waals surface area (Å²) in [6.45, 7) is 11.0. The van der Waals surface area contributed by atoms with E-state index in [0.717, 1.165) is 25.2 Å². The van der Waals surface area contributed by atoms with Gasteiger partial charge < -0.3 is 0 Å². The molecule has 0 aromatic heterocycles. The number of fused-ring (bicyclic) bond motifs is 5. The Bertz CT molecular complexity index is 624. The number of ketones is 1. The maximum absolute atomic E-state index is 12.2. The Morgan fingerprint density at radius 2 is 2.00 bits per heavy atom. The Balaban J connectivity index is 1.72. The lowest BCUT2D eigenvalue weighted by atomic mass is 9.48. The third-order valence-electron chi connectivity index (χ3n) is 8.03. The molecule has 0 aromatic carbocycles. The highest BCUT2D eigenvalue weighted by Gasteiger charge is 2.58. The van der Waals surface area contributed by atoms with E-state index in [0.29, 0.717) is 23.5 Å². The van der Waals surface area contributed by atoms with Crippen LogP contribution in [-0.2, 0) is 4.79 Å². The first-order valence-corrected chi connectivity index (χ1v) is 9.42. The molecule has 0 heterocycles. The Kier molecular flexibility index (Phi) is 3.31. The minimum absolute atomic E-state index is 0.237. The van der Waals surface area contributed by atoms with Gasteiger partial charge in [0.05, 0.1) is 0 Å². The second kappa shape index (κ2) is 4.94. The lowest BCUT2D eigenvalue weighted by Gasteiger charge is -2.56. The second-order valence-corrected chi connectivity index (χ2v) is 9.14. The van der Waals surface area contributed by atoms with Crippen LogP contribution < -0.4 is 0 Å². The number of carbonyl (C=O) groups is 1. The number of carbonyl (C=O) groups excluding carboxylic acids is 1. The molecule has 0 bridgehead atoms. The van der Waals surface area contributed by atoms with Crippen molar-refractivity contribution in [2.75, 3.05) is 0 Å². The van der Waals surface area contributed by atoms with Crippen LogP contribution in [0.25, 0.3) is 0 Å². The summed E-state index contributed by atoms with van der Waals surface area (Å²) in [7, 11) is 0. The number of hydrogen-bond donors (Lipinski definition) is 0. The lowest BCUT2D eigenvalue weighted by Crippen LogP contribution is -2.49. The monoisotopic (exact) mass is 310 g/mol. The number of allylic oxidation sites excluding steroid dienone is 5. The zero-order valence-electron chi connectivity index (χ0n) is 14.9. The van der Waals surface area contributed by atoms with Crippen molar-refractivity contribution in [3.05, 3.63) is 36.0 Å². The molecular formula is C22H30O. The summed E-state index contributed by atoms with van der Waals surface area (Å²) < 4.78 is 0. The zero-order chi connectivity index (χ0) is 16.4. The van der Waals surface area contributed by atoms with Gasteiger partial charge in [0.15, 0.2) is 0 Å². The van der Waals surface area contributed by atoms with E-state index in [1.165, 1.54) is 24.8 Å². The van der Waals surface area contributed by atoms with Gasteiger partial charge in [0.2, 0.25) is 0 Å². The topological polar surface area (TPSA) is 17.1 Å². The van der Waals surface area contributed by atoms with Gasteiger partial charge >= 0.3 is 0 Å². The average molecular weight is 310 g/mol. The van der Waals surface area contributed by atoms with Gasteiger partial charge in [-0.1, -0.05) is 44.2 Å². The minimum Gasteiger partial charge on any atom is -0.300 e.